The molecule has 18 heavy (non-hydrogen) atoms. The van der Waals surface area contributed by atoms with Gasteiger partial charge in [-0.2, -0.15) is 0 Å². The van der Waals surface area contributed by atoms with Crippen molar-refractivity contribution in [3.8, 4) is 0 Å². The minimum absolute atomic E-state index is 0.0689. The van der Waals surface area contributed by atoms with E-state index in [0.717, 1.165) is 4.90 Å². The minimum atomic E-state index is -3.50. The predicted molar refractivity (Wildman–Crippen MR) is 68.0 cm³/mol. The van der Waals surface area contributed by atoms with Crippen LogP contribution in [0.5, 0.6) is 0 Å². The van der Waals surface area contributed by atoms with Crippen LogP contribution in [0.1, 0.15) is 27.7 Å². The monoisotopic (exact) mass is 279 g/mol. The van der Waals surface area contributed by atoms with Crippen LogP contribution in [0.4, 0.5) is 0 Å². The first-order chi connectivity index (χ1) is 7.90. The van der Waals surface area contributed by atoms with Gasteiger partial charge < -0.3 is 10.0 Å². The molecule has 0 heterocycles. The average Bonchev–Trinajstić information content (AvgIpc) is 2.12. The molecule has 0 radical (unpaired) electrons. The second-order valence-corrected chi connectivity index (χ2v) is 7.37. The van der Waals surface area contributed by atoms with Crippen molar-refractivity contribution < 1.29 is 23.1 Å². The first-order valence-electron chi connectivity index (χ1n) is 5.60. The highest BCUT2D eigenvalue weighted by Crippen LogP contribution is 2.13. The van der Waals surface area contributed by atoms with E-state index in [4.69, 9.17) is 5.11 Å². The maximum atomic E-state index is 11.8. The summed E-state index contributed by atoms with van der Waals surface area (Å²) in [7, 11) is -2.20. The number of rotatable bonds is 6. The van der Waals surface area contributed by atoms with E-state index in [9.17, 15) is 18.0 Å². The lowest BCUT2D eigenvalue weighted by molar-refractivity contribution is -0.154. The Bertz CT molecular complexity index is 425. The number of sulfone groups is 1. The predicted octanol–water partition coefficient (Wildman–Crippen LogP) is 0.379. The molecule has 0 aromatic heterocycles. The van der Waals surface area contributed by atoms with Gasteiger partial charge in [0.2, 0.25) is 5.91 Å². The Balaban J connectivity index is 4.85. The van der Waals surface area contributed by atoms with Gasteiger partial charge in [0.1, 0.15) is 11.3 Å². The van der Waals surface area contributed by atoms with Gasteiger partial charge in [-0.3, -0.25) is 4.79 Å². The highest BCUT2D eigenvalue weighted by atomic mass is 32.2. The van der Waals surface area contributed by atoms with Crippen molar-refractivity contribution in [2.45, 2.75) is 33.2 Å². The summed E-state index contributed by atoms with van der Waals surface area (Å²) in [5.41, 5.74) is -1.43. The molecule has 0 aliphatic carbocycles. The molecule has 6 nitrogen and oxygen atoms in total. The number of hydrogen-bond acceptors (Lipinski definition) is 4. The quantitative estimate of drug-likeness (QED) is 0.759. The molecule has 0 aliphatic rings. The highest BCUT2D eigenvalue weighted by molar-refractivity contribution is 7.92. The first-order valence-corrected chi connectivity index (χ1v) is 7.42. The number of hydrogen-bond donors (Lipinski definition) is 1. The molecule has 0 bridgehead atoms. The molecular formula is C11H21NO5S. The summed E-state index contributed by atoms with van der Waals surface area (Å²) >= 11 is 0. The summed E-state index contributed by atoms with van der Waals surface area (Å²) in [6.07, 6.45) is 0. The fourth-order valence-corrected chi connectivity index (χ4v) is 3.01. The number of nitrogens with zero attached hydrogens (tertiary/aromatic N) is 1. The molecule has 0 saturated heterocycles. The van der Waals surface area contributed by atoms with Gasteiger partial charge in [-0.1, -0.05) is 13.8 Å². The van der Waals surface area contributed by atoms with Crippen LogP contribution in [0.3, 0.4) is 0 Å². The highest BCUT2D eigenvalue weighted by Gasteiger charge is 2.36. The van der Waals surface area contributed by atoms with Gasteiger partial charge in [0, 0.05) is 7.05 Å². The Morgan fingerprint density at radius 2 is 1.72 bits per heavy atom. The third kappa shape index (κ3) is 4.64. The van der Waals surface area contributed by atoms with Gasteiger partial charge in [0.25, 0.3) is 0 Å². The van der Waals surface area contributed by atoms with Crippen molar-refractivity contribution in [1.29, 1.82) is 0 Å². The molecule has 0 saturated carbocycles. The second-order valence-electron chi connectivity index (χ2n) is 5.27. The molecule has 0 aromatic carbocycles. The number of aliphatic carboxylic acids is 1. The van der Waals surface area contributed by atoms with Gasteiger partial charge in [0.05, 0.1) is 5.75 Å². The van der Waals surface area contributed by atoms with Gasteiger partial charge in [0.15, 0.2) is 9.84 Å². The molecule has 106 valence electrons. The fraction of sp³-hybridized carbons (Fsp3) is 0.818. The average molecular weight is 279 g/mol. The summed E-state index contributed by atoms with van der Waals surface area (Å²) in [5.74, 6) is -2.69. The van der Waals surface area contributed by atoms with Crippen molar-refractivity contribution in [3.05, 3.63) is 0 Å². The van der Waals surface area contributed by atoms with Crippen LogP contribution in [0, 0.1) is 5.92 Å². The van der Waals surface area contributed by atoms with E-state index >= 15 is 0 Å². The molecule has 0 aliphatic heterocycles. The zero-order valence-electron chi connectivity index (χ0n) is 11.4. The molecule has 1 amide bonds. The fourth-order valence-electron chi connectivity index (χ4n) is 1.31. The number of amides is 1. The van der Waals surface area contributed by atoms with Crippen LogP contribution in [0.2, 0.25) is 0 Å². The first kappa shape index (κ1) is 16.9. The minimum Gasteiger partial charge on any atom is -0.480 e. The van der Waals surface area contributed by atoms with E-state index in [1.165, 1.54) is 20.9 Å². The molecular weight excluding hydrogens is 258 g/mol. The largest absolute Gasteiger partial charge is 0.480 e. The van der Waals surface area contributed by atoms with Crippen LogP contribution in [0.25, 0.3) is 0 Å². The lowest BCUT2D eigenvalue weighted by atomic mass is 10.0. The zero-order chi connectivity index (χ0) is 14.7. The van der Waals surface area contributed by atoms with Gasteiger partial charge >= 0.3 is 5.97 Å². The van der Waals surface area contributed by atoms with Crippen molar-refractivity contribution in [2.24, 2.45) is 5.92 Å². The van der Waals surface area contributed by atoms with Crippen LogP contribution >= 0.6 is 0 Å². The number of carboxylic acid groups (broad SMARTS) is 1. The van der Waals surface area contributed by atoms with Crippen molar-refractivity contribution in [3.63, 3.8) is 0 Å². The van der Waals surface area contributed by atoms with Gasteiger partial charge in [-0.15, -0.1) is 0 Å². The zero-order valence-corrected chi connectivity index (χ0v) is 12.2. The van der Waals surface area contributed by atoms with Crippen LogP contribution < -0.4 is 0 Å². The Morgan fingerprint density at radius 3 is 2.06 bits per heavy atom. The topological polar surface area (TPSA) is 91.8 Å². The Labute approximate surface area is 108 Å². The Morgan fingerprint density at radius 1 is 1.28 bits per heavy atom. The van der Waals surface area contributed by atoms with E-state index < -0.39 is 33.0 Å². The Kier molecular flexibility index (Phi) is 5.34. The molecule has 0 aromatic rings. The molecule has 0 unspecified atom stereocenters. The number of carbonyl (C=O) groups excluding carboxylic acids is 1. The molecule has 7 heteroatoms. The summed E-state index contributed by atoms with van der Waals surface area (Å²) in [6.45, 7) is 6.18. The normalized spacial score (nSPS) is 12.6. The maximum absolute atomic E-state index is 11.8. The van der Waals surface area contributed by atoms with E-state index in [1.54, 1.807) is 13.8 Å². The van der Waals surface area contributed by atoms with E-state index in [2.05, 4.69) is 0 Å². The van der Waals surface area contributed by atoms with Crippen LogP contribution in [0.15, 0.2) is 0 Å². The second kappa shape index (κ2) is 5.69. The molecule has 0 spiro atoms. The van der Waals surface area contributed by atoms with Crippen molar-refractivity contribution in [2.75, 3.05) is 18.6 Å². The Hall–Kier alpha value is -1.11. The third-order valence-electron chi connectivity index (χ3n) is 2.67. The number of likely N-dealkylation sites (N-methyl/N-ethyl adjacent to an activating group) is 1. The number of carbonyl (C=O) groups is 2. The smallest absolute Gasteiger partial charge is 0.329 e. The van der Waals surface area contributed by atoms with E-state index in [1.807, 2.05) is 0 Å². The van der Waals surface area contributed by atoms with E-state index in [-0.39, 0.29) is 11.7 Å². The summed E-state index contributed by atoms with van der Waals surface area (Å²) in [4.78, 5) is 23.7. The molecule has 0 fully saturated rings. The van der Waals surface area contributed by atoms with Crippen molar-refractivity contribution >= 4 is 21.7 Å². The number of carboxylic acids is 1. The molecule has 0 rings (SSSR count). The summed E-state index contributed by atoms with van der Waals surface area (Å²) in [5, 5.41) is 8.96. The SMILES string of the molecule is CC(C)CS(=O)(=O)CC(=O)N(C)C(C)(C)C(=O)O. The van der Waals surface area contributed by atoms with Gasteiger partial charge in [-0.25, -0.2) is 13.2 Å². The lowest BCUT2D eigenvalue weighted by Crippen LogP contribution is -2.52. The van der Waals surface area contributed by atoms with Crippen molar-refractivity contribution in [1.82, 2.24) is 4.90 Å². The standard InChI is InChI=1S/C11H21NO5S/c1-8(2)6-18(16,17)7-9(13)12(5)11(3,4)10(14)15/h8H,6-7H2,1-5H3,(H,14,15). The molecule has 0 atom stereocenters. The summed E-state index contributed by atoms with van der Waals surface area (Å²) < 4.78 is 23.3. The molecule has 1 N–H and O–H groups in total. The summed E-state index contributed by atoms with van der Waals surface area (Å²) in [6, 6.07) is 0. The lowest BCUT2D eigenvalue weighted by Gasteiger charge is -2.31. The van der Waals surface area contributed by atoms with Crippen LogP contribution in [-0.2, 0) is 19.4 Å². The van der Waals surface area contributed by atoms with Gasteiger partial charge in [-0.05, 0) is 19.8 Å². The van der Waals surface area contributed by atoms with E-state index in [0.29, 0.717) is 0 Å². The maximum Gasteiger partial charge on any atom is 0.329 e. The third-order valence-corrected chi connectivity index (χ3v) is 4.53. The van der Waals surface area contributed by atoms with Crippen LogP contribution in [-0.4, -0.2) is 54.4 Å².